The standard InChI is InChI=1S/C21H21F3N2OS/c22-21(23,24)15-8-9-19-17(14-15)26(16-6-2-3-7-18(16)28-19)20(27)10-13-25-11-4-1-5-12-25/h2-3,6-9,14H,1,4-5,10-13H2/p+1. The molecule has 1 amide bonds. The van der Waals surface area contributed by atoms with Crippen molar-refractivity contribution in [1.82, 2.24) is 0 Å². The highest BCUT2D eigenvalue weighted by atomic mass is 32.2. The second kappa shape index (κ2) is 7.79. The molecule has 2 aromatic rings. The summed E-state index contributed by atoms with van der Waals surface area (Å²) in [5.74, 6) is -0.147. The van der Waals surface area contributed by atoms with Gasteiger partial charge in [0, 0.05) is 9.79 Å². The molecule has 0 unspecified atom stereocenters. The summed E-state index contributed by atoms with van der Waals surface area (Å²) in [7, 11) is 0. The van der Waals surface area contributed by atoms with Crippen LogP contribution in [0.2, 0.25) is 0 Å². The summed E-state index contributed by atoms with van der Waals surface area (Å²) in [6.07, 6.45) is -0.538. The van der Waals surface area contributed by atoms with Gasteiger partial charge < -0.3 is 4.90 Å². The van der Waals surface area contributed by atoms with Crippen LogP contribution in [0.4, 0.5) is 24.5 Å². The minimum atomic E-state index is -4.44. The van der Waals surface area contributed by atoms with E-state index in [1.807, 2.05) is 18.2 Å². The first kappa shape index (κ1) is 19.3. The highest BCUT2D eigenvalue weighted by Gasteiger charge is 2.35. The Labute approximate surface area is 166 Å². The molecule has 0 radical (unpaired) electrons. The number of benzene rings is 2. The summed E-state index contributed by atoms with van der Waals surface area (Å²) in [6.45, 7) is 2.85. The van der Waals surface area contributed by atoms with Gasteiger partial charge in [-0.25, -0.2) is 0 Å². The summed E-state index contributed by atoms with van der Waals surface area (Å²) < 4.78 is 39.8. The molecular weight excluding hydrogens is 385 g/mol. The highest BCUT2D eigenvalue weighted by Crippen LogP contribution is 2.49. The third-order valence-electron chi connectivity index (χ3n) is 5.36. The Morgan fingerprint density at radius 2 is 1.71 bits per heavy atom. The van der Waals surface area contributed by atoms with Crippen molar-refractivity contribution in [3.05, 3.63) is 48.0 Å². The van der Waals surface area contributed by atoms with Crippen LogP contribution in [-0.2, 0) is 11.0 Å². The van der Waals surface area contributed by atoms with Crippen molar-refractivity contribution < 1.29 is 22.9 Å². The number of fused-ring (bicyclic) bond motifs is 2. The van der Waals surface area contributed by atoms with Gasteiger partial charge >= 0.3 is 6.18 Å². The molecule has 0 bridgehead atoms. The zero-order valence-corrected chi connectivity index (χ0v) is 16.2. The Balaban J connectivity index is 1.65. The number of rotatable bonds is 3. The number of likely N-dealkylation sites (tertiary alicyclic amines) is 1. The van der Waals surface area contributed by atoms with Gasteiger partial charge in [0.05, 0.1) is 43.0 Å². The molecule has 0 aromatic heterocycles. The van der Waals surface area contributed by atoms with Gasteiger partial charge in [0.2, 0.25) is 5.91 Å². The Morgan fingerprint density at radius 1 is 1.00 bits per heavy atom. The Bertz CT molecular complexity index is 878. The van der Waals surface area contributed by atoms with Crippen molar-refractivity contribution in [2.24, 2.45) is 0 Å². The number of carbonyl (C=O) groups is 1. The highest BCUT2D eigenvalue weighted by molar-refractivity contribution is 7.99. The molecule has 0 spiro atoms. The molecule has 0 atom stereocenters. The maximum Gasteiger partial charge on any atom is 0.416 e. The van der Waals surface area contributed by atoms with Crippen molar-refractivity contribution in [2.75, 3.05) is 24.5 Å². The van der Waals surface area contributed by atoms with Crippen LogP contribution < -0.4 is 9.80 Å². The van der Waals surface area contributed by atoms with Crippen molar-refractivity contribution in [3.8, 4) is 0 Å². The fourth-order valence-electron chi connectivity index (χ4n) is 3.90. The van der Waals surface area contributed by atoms with E-state index in [1.165, 1.54) is 46.9 Å². The molecule has 2 aliphatic rings. The molecule has 148 valence electrons. The van der Waals surface area contributed by atoms with Gasteiger partial charge in [-0.05, 0) is 49.6 Å². The number of hydrogen-bond acceptors (Lipinski definition) is 2. The van der Waals surface area contributed by atoms with Gasteiger partial charge in [0.15, 0.2) is 0 Å². The van der Waals surface area contributed by atoms with Crippen LogP contribution in [0.15, 0.2) is 52.3 Å². The van der Waals surface area contributed by atoms with Crippen LogP contribution in [0.3, 0.4) is 0 Å². The third-order valence-corrected chi connectivity index (χ3v) is 6.49. The fourth-order valence-corrected chi connectivity index (χ4v) is 4.94. The second-order valence-electron chi connectivity index (χ2n) is 7.29. The number of quaternary nitrogens is 1. The van der Waals surface area contributed by atoms with Crippen LogP contribution >= 0.6 is 11.8 Å². The van der Waals surface area contributed by atoms with Crippen molar-refractivity contribution in [2.45, 2.75) is 41.7 Å². The molecule has 2 aromatic carbocycles. The lowest BCUT2D eigenvalue weighted by Gasteiger charge is -2.32. The number of nitrogens with one attached hydrogen (secondary N) is 1. The first-order chi connectivity index (χ1) is 13.4. The van der Waals surface area contributed by atoms with Crippen molar-refractivity contribution >= 4 is 29.0 Å². The molecule has 4 rings (SSSR count). The number of carbonyl (C=O) groups excluding carboxylic acids is 1. The summed E-state index contributed by atoms with van der Waals surface area (Å²) in [5, 5.41) is 0. The van der Waals surface area contributed by atoms with E-state index in [2.05, 4.69) is 0 Å². The van der Waals surface area contributed by atoms with E-state index in [9.17, 15) is 18.0 Å². The molecule has 2 heterocycles. The van der Waals surface area contributed by atoms with E-state index in [0.29, 0.717) is 22.7 Å². The number of para-hydroxylation sites is 1. The van der Waals surface area contributed by atoms with Gasteiger partial charge in [0.1, 0.15) is 0 Å². The topological polar surface area (TPSA) is 24.8 Å². The Morgan fingerprint density at radius 3 is 2.46 bits per heavy atom. The third kappa shape index (κ3) is 3.91. The van der Waals surface area contributed by atoms with Crippen LogP contribution in [-0.4, -0.2) is 25.5 Å². The lowest BCUT2D eigenvalue weighted by atomic mass is 10.1. The molecule has 7 heteroatoms. The maximum absolute atomic E-state index is 13.3. The minimum absolute atomic E-state index is 0.147. The first-order valence-corrected chi connectivity index (χ1v) is 10.4. The second-order valence-corrected chi connectivity index (χ2v) is 8.37. The van der Waals surface area contributed by atoms with Crippen LogP contribution in [0.5, 0.6) is 0 Å². The number of anilines is 2. The van der Waals surface area contributed by atoms with E-state index < -0.39 is 11.7 Å². The predicted octanol–water partition coefficient (Wildman–Crippen LogP) is 4.29. The summed E-state index contributed by atoms with van der Waals surface area (Å²) >= 11 is 1.40. The number of alkyl halides is 3. The quantitative estimate of drug-likeness (QED) is 0.821. The van der Waals surface area contributed by atoms with Gasteiger partial charge in [-0.3, -0.25) is 9.69 Å². The van der Waals surface area contributed by atoms with E-state index in [1.54, 1.807) is 6.07 Å². The Kier molecular flexibility index (Phi) is 5.38. The fraction of sp³-hybridized carbons (Fsp3) is 0.381. The maximum atomic E-state index is 13.3. The SMILES string of the molecule is O=C(CC[NH+]1CCCCC1)N1c2ccccc2Sc2ccc(C(F)(F)F)cc21. The monoisotopic (exact) mass is 407 g/mol. The summed E-state index contributed by atoms with van der Waals surface area (Å²) in [4.78, 5) is 17.6. The lowest BCUT2D eigenvalue weighted by molar-refractivity contribution is -0.904. The molecule has 3 nitrogen and oxygen atoms in total. The zero-order valence-electron chi connectivity index (χ0n) is 15.4. The number of hydrogen-bond donors (Lipinski definition) is 1. The molecule has 1 N–H and O–H groups in total. The van der Waals surface area contributed by atoms with Gasteiger partial charge in [-0.15, -0.1) is 0 Å². The van der Waals surface area contributed by atoms with Gasteiger partial charge in [0.25, 0.3) is 0 Å². The number of piperidine rings is 1. The normalized spacial score (nSPS) is 17.2. The molecule has 0 saturated carbocycles. The molecule has 1 fully saturated rings. The van der Waals surface area contributed by atoms with E-state index in [0.717, 1.165) is 36.7 Å². The molecule has 28 heavy (non-hydrogen) atoms. The predicted molar refractivity (Wildman–Crippen MR) is 103 cm³/mol. The van der Waals surface area contributed by atoms with Crippen molar-refractivity contribution in [3.63, 3.8) is 0 Å². The summed E-state index contributed by atoms with van der Waals surface area (Å²) in [6, 6.07) is 11.0. The summed E-state index contributed by atoms with van der Waals surface area (Å²) in [5.41, 5.74) is 0.265. The number of halogens is 3. The first-order valence-electron chi connectivity index (χ1n) is 9.58. The van der Waals surface area contributed by atoms with Crippen LogP contribution in [0, 0.1) is 0 Å². The smallest absolute Gasteiger partial charge is 0.335 e. The molecule has 2 aliphatic heterocycles. The Hall–Kier alpha value is -1.99. The van der Waals surface area contributed by atoms with Gasteiger partial charge in [-0.2, -0.15) is 13.2 Å². The van der Waals surface area contributed by atoms with E-state index in [-0.39, 0.29) is 5.91 Å². The lowest BCUT2D eigenvalue weighted by Crippen LogP contribution is -3.12. The van der Waals surface area contributed by atoms with Crippen molar-refractivity contribution in [1.29, 1.82) is 0 Å². The van der Waals surface area contributed by atoms with E-state index >= 15 is 0 Å². The number of nitrogens with zero attached hydrogens (tertiary/aromatic N) is 1. The average molecular weight is 407 g/mol. The molecule has 0 aliphatic carbocycles. The van der Waals surface area contributed by atoms with E-state index in [4.69, 9.17) is 0 Å². The number of amides is 1. The van der Waals surface area contributed by atoms with Gasteiger partial charge in [-0.1, -0.05) is 23.9 Å². The van der Waals surface area contributed by atoms with Crippen LogP contribution in [0.25, 0.3) is 0 Å². The average Bonchev–Trinajstić information content (AvgIpc) is 2.70. The molecular formula is C21H22F3N2OS+. The largest absolute Gasteiger partial charge is 0.416 e. The molecule has 1 saturated heterocycles. The van der Waals surface area contributed by atoms with Crippen LogP contribution in [0.1, 0.15) is 31.2 Å². The minimum Gasteiger partial charge on any atom is -0.335 e. The zero-order chi connectivity index (χ0) is 19.7.